The molecule has 17 heteroatoms. The lowest BCUT2D eigenvalue weighted by Crippen LogP contribution is -2.46. The van der Waals surface area contributed by atoms with Crippen LogP contribution >= 0.6 is 23.4 Å². The van der Waals surface area contributed by atoms with E-state index in [1.165, 1.54) is 12.1 Å². The van der Waals surface area contributed by atoms with Crippen LogP contribution in [-0.4, -0.2) is 125 Å². The number of nitrogens with one attached hydrogen (secondary N) is 3. The first-order valence-electron chi connectivity index (χ1n) is 21.2. The van der Waals surface area contributed by atoms with E-state index in [-0.39, 0.29) is 23.2 Å². The molecule has 336 valence electrons. The van der Waals surface area contributed by atoms with Gasteiger partial charge in [0, 0.05) is 103 Å². The third-order valence-corrected chi connectivity index (χ3v) is 14.1. The number of amides is 2. The first-order valence-corrected chi connectivity index (χ1v) is 24.1. The molecule has 7 rings (SSSR count). The average Bonchev–Trinajstić information content (AvgIpc) is 3.30. The van der Waals surface area contributed by atoms with Crippen molar-refractivity contribution in [2.45, 2.75) is 28.8 Å². The second-order valence-corrected chi connectivity index (χ2v) is 19.4. The number of nitrogens with zero attached hydrogens (tertiary/aromatic N) is 5. The number of hydrogen-bond acceptors (Lipinski definition) is 12. The summed E-state index contributed by atoms with van der Waals surface area (Å²) in [5, 5.41) is 19.5. The fourth-order valence-corrected chi connectivity index (χ4v) is 9.90. The molecule has 0 aliphatic carbocycles. The van der Waals surface area contributed by atoms with Gasteiger partial charge in [0.05, 0.1) is 9.82 Å². The lowest BCUT2D eigenvalue weighted by molar-refractivity contribution is -0.384. The maximum absolute atomic E-state index is 13.5. The Balaban J connectivity index is 0.973. The van der Waals surface area contributed by atoms with Crippen molar-refractivity contribution in [2.24, 2.45) is 0 Å². The first-order chi connectivity index (χ1) is 30.8. The number of carbonyl (C=O) groups is 2. The number of halogens is 1. The monoisotopic (exact) mass is 924 g/mol. The maximum atomic E-state index is 13.5. The third-order valence-electron chi connectivity index (χ3n) is 11.4. The minimum Gasteiger partial charge on any atom is -0.376 e. The van der Waals surface area contributed by atoms with Crippen LogP contribution in [0.2, 0.25) is 5.02 Å². The van der Waals surface area contributed by atoms with Gasteiger partial charge in [0.2, 0.25) is 0 Å². The van der Waals surface area contributed by atoms with Gasteiger partial charge in [-0.05, 0) is 117 Å². The van der Waals surface area contributed by atoms with E-state index in [1.807, 2.05) is 96.7 Å². The highest BCUT2D eigenvalue weighted by Crippen LogP contribution is 2.31. The van der Waals surface area contributed by atoms with Crippen LogP contribution in [0, 0.1) is 10.1 Å². The Kier molecular flexibility index (Phi) is 15.6. The van der Waals surface area contributed by atoms with E-state index in [9.17, 15) is 28.1 Å². The van der Waals surface area contributed by atoms with E-state index in [1.54, 1.807) is 36.0 Å². The summed E-state index contributed by atoms with van der Waals surface area (Å²) < 4.78 is 29.0. The summed E-state index contributed by atoms with van der Waals surface area (Å²) in [7, 11) is -0.554. The van der Waals surface area contributed by atoms with Crippen molar-refractivity contribution in [1.29, 1.82) is 0 Å². The molecule has 3 N–H and O–H groups in total. The summed E-state index contributed by atoms with van der Waals surface area (Å²) in [4.78, 5) is 47.6. The summed E-state index contributed by atoms with van der Waals surface area (Å²) in [6.45, 7) is 7.21. The molecule has 0 saturated carbocycles. The second kappa shape index (κ2) is 21.5. The molecule has 0 aromatic heterocycles. The largest absolute Gasteiger partial charge is 0.376 e. The van der Waals surface area contributed by atoms with E-state index in [2.05, 4.69) is 25.2 Å². The van der Waals surface area contributed by atoms with E-state index < -0.39 is 31.4 Å². The van der Waals surface area contributed by atoms with Crippen LogP contribution in [-0.2, 0) is 16.6 Å². The zero-order chi connectivity index (χ0) is 45.2. The molecule has 1 atom stereocenters. The Labute approximate surface area is 384 Å². The lowest BCUT2D eigenvalue weighted by Gasteiger charge is -2.36. The molecule has 2 aliphatic heterocycles. The summed E-state index contributed by atoms with van der Waals surface area (Å²) in [5.41, 5.74) is 4.60. The van der Waals surface area contributed by atoms with Crippen molar-refractivity contribution < 1.29 is 22.9 Å². The molecule has 2 fully saturated rings. The normalized spacial score (nSPS) is 15.2. The highest BCUT2D eigenvalue weighted by molar-refractivity contribution is 7.99. The van der Waals surface area contributed by atoms with Crippen molar-refractivity contribution in [1.82, 2.24) is 24.7 Å². The van der Waals surface area contributed by atoms with Gasteiger partial charge in [-0.15, -0.1) is 11.8 Å². The number of thioether (sulfide) groups is 1. The Morgan fingerprint density at radius 3 is 2.22 bits per heavy atom. The third kappa shape index (κ3) is 12.2. The van der Waals surface area contributed by atoms with Crippen molar-refractivity contribution in [3.63, 3.8) is 0 Å². The van der Waals surface area contributed by atoms with Gasteiger partial charge in [0.25, 0.3) is 27.5 Å². The van der Waals surface area contributed by atoms with Crippen LogP contribution in [0.4, 0.5) is 17.1 Å². The number of carbonyl (C=O) groups excluding carboxylic acids is 2. The zero-order valence-electron chi connectivity index (χ0n) is 35.9. The molecule has 5 aromatic carbocycles. The lowest BCUT2D eigenvalue weighted by atomic mass is 9.96. The SMILES string of the molecule is CN(C)CC[C@H](CSc1ccccc1)Nc1ccc(S(=O)(=O)NC(=O)c2ccc(N3CCN(Cc4cc(C(=O)N5CCNCC5)ccc4-c4ccc(Cl)cc4)CC3)cc2)cc1[N+](=O)[O-]. The fourth-order valence-electron chi connectivity index (χ4n) is 7.78. The van der Waals surface area contributed by atoms with Crippen LogP contribution < -0.4 is 20.3 Å². The second-order valence-electron chi connectivity index (χ2n) is 16.2. The van der Waals surface area contributed by atoms with Gasteiger partial charge in [0.15, 0.2) is 0 Å². The molecule has 2 aliphatic rings. The minimum atomic E-state index is -4.46. The summed E-state index contributed by atoms with van der Waals surface area (Å²) >= 11 is 7.84. The molecular formula is C47H53ClN8O6S2. The highest BCUT2D eigenvalue weighted by Gasteiger charge is 2.27. The Morgan fingerprint density at radius 1 is 0.859 bits per heavy atom. The number of nitro benzene ring substituents is 1. The van der Waals surface area contributed by atoms with E-state index in [0.717, 1.165) is 66.1 Å². The maximum Gasteiger partial charge on any atom is 0.293 e. The summed E-state index contributed by atoms with van der Waals surface area (Å²) in [6, 6.07) is 33.7. The van der Waals surface area contributed by atoms with E-state index >= 15 is 0 Å². The van der Waals surface area contributed by atoms with E-state index in [4.69, 9.17) is 11.6 Å². The predicted molar refractivity (Wildman–Crippen MR) is 255 cm³/mol. The topological polar surface area (TPSA) is 160 Å². The molecule has 2 saturated heterocycles. The predicted octanol–water partition coefficient (Wildman–Crippen LogP) is 6.93. The molecule has 0 unspecified atom stereocenters. The van der Waals surface area contributed by atoms with Crippen LogP contribution in [0.15, 0.2) is 125 Å². The zero-order valence-corrected chi connectivity index (χ0v) is 38.3. The number of hydrogen-bond donors (Lipinski definition) is 3. The summed E-state index contributed by atoms with van der Waals surface area (Å²) in [5.74, 6) is -0.189. The number of rotatable bonds is 17. The molecule has 14 nitrogen and oxygen atoms in total. The van der Waals surface area contributed by atoms with Gasteiger partial charge in [0.1, 0.15) is 5.69 Å². The molecule has 0 spiro atoms. The van der Waals surface area contributed by atoms with Crippen molar-refractivity contribution in [2.75, 3.05) is 89.0 Å². The van der Waals surface area contributed by atoms with E-state index in [0.29, 0.717) is 55.5 Å². The molecule has 0 bridgehead atoms. The summed E-state index contributed by atoms with van der Waals surface area (Å²) in [6.07, 6.45) is 0.693. The Hall–Kier alpha value is -5.49. The van der Waals surface area contributed by atoms with Gasteiger partial charge in [-0.3, -0.25) is 24.6 Å². The number of benzene rings is 5. The average molecular weight is 926 g/mol. The van der Waals surface area contributed by atoms with Gasteiger partial charge < -0.3 is 25.3 Å². The molecular weight excluding hydrogens is 872 g/mol. The van der Waals surface area contributed by atoms with Gasteiger partial charge in [-0.25, -0.2) is 13.1 Å². The highest BCUT2D eigenvalue weighted by atomic mass is 35.5. The standard InChI is InChI=1S/C47H53ClN8O6S2/c1-52(2)23-20-39(33-63-41-6-4-3-5-7-41)50-44-19-17-42(31-45(44)56(59)60)64(61,62)51-46(57)35-10-15-40(16-11-35)54-28-26-53(27-29-54)32-37-30-36(47(58)55-24-21-49-22-25-55)12-18-43(37)34-8-13-38(48)14-9-34/h3-19,30-31,39,49-50H,20-29,32-33H2,1-2H3,(H,51,57)/t39-/m1/s1. The Morgan fingerprint density at radius 2 is 1.55 bits per heavy atom. The first kappa shape index (κ1) is 46.5. The number of anilines is 2. The van der Waals surface area contributed by atoms with Crippen LogP contribution in [0.3, 0.4) is 0 Å². The minimum absolute atomic E-state index is 0.0325. The smallest absolute Gasteiger partial charge is 0.293 e. The molecule has 0 radical (unpaired) electrons. The molecule has 2 heterocycles. The van der Waals surface area contributed by atoms with Crippen molar-refractivity contribution >= 4 is 62.3 Å². The van der Waals surface area contributed by atoms with Gasteiger partial charge in [-0.1, -0.05) is 48.0 Å². The van der Waals surface area contributed by atoms with Crippen molar-refractivity contribution in [3.8, 4) is 11.1 Å². The van der Waals surface area contributed by atoms with Gasteiger partial charge in [-0.2, -0.15) is 0 Å². The number of piperazine rings is 2. The van der Waals surface area contributed by atoms with Gasteiger partial charge >= 0.3 is 0 Å². The number of sulfonamides is 1. The molecule has 2 amide bonds. The van der Waals surface area contributed by atoms with Crippen LogP contribution in [0.1, 0.15) is 32.7 Å². The van der Waals surface area contributed by atoms with Crippen molar-refractivity contribution in [3.05, 3.63) is 147 Å². The Bertz CT molecular complexity index is 2520. The molecule has 5 aromatic rings. The quantitative estimate of drug-likeness (QED) is 0.0503. The van der Waals surface area contributed by atoms with Crippen LogP contribution in [0.5, 0.6) is 0 Å². The molecule has 64 heavy (non-hydrogen) atoms. The fraction of sp³-hybridized carbons (Fsp3) is 0.319. The van der Waals surface area contributed by atoms with Crippen LogP contribution in [0.25, 0.3) is 11.1 Å². The number of nitro groups is 1.